The summed E-state index contributed by atoms with van der Waals surface area (Å²) in [6.45, 7) is 5.12. The Balaban J connectivity index is 2.78. The second kappa shape index (κ2) is 7.50. The molecule has 0 aliphatic heterocycles. The highest BCUT2D eigenvalue weighted by Crippen LogP contribution is 2.24. The number of nitrogens with one attached hydrogen (secondary N) is 1. The standard InChI is InChI=1S/C14H21BrN2O2/c1-5-16-14(18)10(2)17(3)9-11-8-12(15)6-7-13(11)19-4/h6-8,10H,5,9H2,1-4H3,(H,16,18)/t10-/m0/s1. The van der Waals surface area contributed by atoms with Gasteiger partial charge in [0.25, 0.3) is 0 Å². The third kappa shape index (κ3) is 4.51. The van der Waals surface area contributed by atoms with Crippen LogP contribution in [0.4, 0.5) is 0 Å². The van der Waals surface area contributed by atoms with E-state index in [9.17, 15) is 4.79 Å². The van der Waals surface area contributed by atoms with E-state index in [1.807, 2.05) is 44.0 Å². The van der Waals surface area contributed by atoms with E-state index in [0.717, 1.165) is 15.8 Å². The normalized spacial score (nSPS) is 12.3. The highest BCUT2D eigenvalue weighted by molar-refractivity contribution is 9.10. The SMILES string of the molecule is CCNC(=O)[C@H](C)N(C)Cc1cc(Br)ccc1OC. The maximum Gasteiger partial charge on any atom is 0.237 e. The van der Waals surface area contributed by atoms with Crippen molar-refractivity contribution in [1.29, 1.82) is 0 Å². The molecule has 0 aliphatic rings. The minimum Gasteiger partial charge on any atom is -0.496 e. The summed E-state index contributed by atoms with van der Waals surface area (Å²) in [6, 6.07) is 5.70. The Morgan fingerprint density at radius 1 is 1.53 bits per heavy atom. The zero-order valence-electron chi connectivity index (χ0n) is 11.9. The van der Waals surface area contributed by atoms with E-state index in [-0.39, 0.29) is 11.9 Å². The van der Waals surface area contributed by atoms with Crippen LogP contribution in [0.25, 0.3) is 0 Å². The summed E-state index contributed by atoms with van der Waals surface area (Å²) in [4.78, 5) is 13.8. The second-order valence-electron chi connectivity index (χ2n) is 4.44. The molecule has 1 amide bonds. The number of carbonyl (C=O) groups excluding carboxylic acids is 1. The maximum atomic E-state index is 11.8. The molecule has 1 aromatic carbocycles. The van der Waals surface area contributed by atoms with Crippen molar-refractivity contribution in [3.05, 3.63) is 28.2 Å². The Morgan fingerprint density at radius 3 is 2.79 bits per heavy atom. The molecule has 0 saturated carbocycles. The molecule has 0 heterocycles. The number of ether oxygens (including phenoxy) is 1. The van der Waals surface area contributed by atoms with Crippen molar-refractivity contribution in [1.82, 2.24) is 10.2 Å². The van der Waals surface area contributed by atoms with Gasteiger partial charge in [-0.2, -0.15) is 0 Å². The fourth-order valence-electron chi connectivity index (χ4n) is 1.80. The summed E-state index contributed by atoms with van der Waals surface area (Å²) in [7, 11) is 3.58. The summed E-state index contributed by atoms with van der Waals surface area (Å²) in [5.41, 5.74) is 1.05. The molecule has 0 aliphatic carbocycles. The lowest BCUT2D eigenvalue weighted by Gasteiger charge is -2.24. The van der Waals surface area contributed by atoms with Gasteiger partial charge >= 0.3 is 0 Å². The van der Waals surface area contributed by atoms with Crippen LogP contribution in [-0.4, -0.2) is 37.6 Å². The molecule has 19 heavy (non-hydrogen) atoms. The van der Waals surface area contributed by atoms with Gasteiger partial charge < -0.3 is 10.1 Å². The molecule has 0 aromatic heterocycles. The van der Waals surface area contributed by atoms with Crippen LogP contribution in [0.15, 0.2) is 22.7 Å². The maximum absolute atomic E-state index is 11.8. The first-order valence-electron chi connectivity index (χ1n) is 6.30. The largest absolute Gasteiger partial charge is 0.496 e. The van der Waals surface area contributed by atoms with Crippen LogP contribution in [0.5, 0.6) is 5.75 Å². The highest BCUT2D eigenvalue weighted by Gasteiger charge is 2.18. The molecule has 0 saturated heterocycles. The van der Waals surface area contributed by atoms with Crippen molar-refractivity contribution in [2.45, 2.75) is 26.4 Å². The van der Waals surface area contributed by atoms with Crippen molar-refractivity contribution in [2.75, 3.05) is 20.7 Å². The lowest BCUT2D eigenvalue weighted by Crippen LogP contribution is -2.42. The van der Waals surface area contributed by atoms with E-state index in [2.05, 4.69) is 21.2 Å². The quantitative estimate of drug-likeness (QED) is 0.871. The first-order chi connectivity index (χ1) is 8.99. The molecule has 1 N–H and O–H groups in total. The van der Waals surface area contributed by atoms with Crippen LogP contribution in [0.1, 0.15) is 19.4 Å². The zero-order valence-corrected chi connectivity index (χ0v) is 13.5. The Morgan fingerprint density at radius 2 is 2.21 bits per heavy atom. The zero-order chi connectivity index (χ0) is 14.4. The Kier molecular flexibility index (Phi) is 6.31. The summed E-state index contributed by atoms with van der Waals surface area (Å²) < 4.78 is 6.34. The van der Waals surface area contributed by atoms with Gasteiger partial charge in [-0.05, 0) is 39.1 Å². The number of likely N-dealkylation sites (N-methyl/N-ethyl adjacent to an activating group) is 2. The van der Waals surface area contributed by atoms with Crippen molar-refractivity contribution < 1.29 is 9.53 Å². The summed E-state index contributed by atoms with van der Waals surface area (Å²) >= 11 is 3.45. The van der Waals surface area contributed by atoms with Gasteiger partial charge in [-0.3, -0.25) is 9.69 Å². The van der Waals surface area contributed by atoms with Crippen molar-refractivity contribution in [3.63, 3.8) is 0 Å². The number of amides is 1. The molecule has 0 bridgehead atoms. The van der Waals surface area contributed by atoms with Gasteiger partial charge in [0.2, 0.25) is 5.91 Å². The second-order valence-corrected chi connectivity index (χ2v) is 5.36. The van der Waals surface area contributed by atoms with Gasteiger partial charge in [-0.25, -0.2) is 0 Å². The predicted octanol–water partition coefficient (Wildman–Crippen LogP) is 2.41. The first-order valence-corrected chi connectivity index (χ1v) is 7.09. The molecule has 1 atom stereocenters. The Bertz CT molecular complexity index is 437. The van der Waals surface area contributed by atoms with Crippen LogP contribution in [0, 0.1) is 0 Å². The number of hydrogen-bond acceptors (Lipinski definition) is 3. The van der Waals surface area contributed by atoms with Crippen LogP contribution in [0.3, 0.4) is 0 Å². The molecule has 0 unspecified atom stereocenters. The van der Waals surface area contributed by atoms with Crippen molar-refractivity contribution in [3.8, 4) is 5.75 Å². The molecular weight excluding hydrogens is 308 g/mol. The van der Waals surface area contributed by atoms with Crippen molar-refractivity contribution >= 4 is 21.8 Å². The topological polar surface area (TPSA) is 41.6 Å². The van der Waals surface area contributed by atoms with Gasteiger partial charge in [0.15, 0.2) is 0 Å². The van der Waals surface area contributed by atoms with Crippen molar-refractivity contribution in [2.24, 2.45) is 0 Å². The molecule has 4 nitrogen and oxygen atoms in total. The molecule has 5 heteroatoms. The predicted molar refractivity (Wildman–Crippen MR) is 80.3 cm³/mol. The number of benzene rings is 1. The Labute approximate surface area is 123 Å². The third-order valence-electron chi connectivity index (χ3n) is 3.05. The molecule has 0 spiro atoms. The number of halogens is 1. The van der Waals surface area contributed by atoms with E-state index in [1.165, 1.54) is 0 Å². The molecule has 0 fully saturated rings. The van der Waals surface area contributed by atoms with Gasteiger partial charge in [0, 0.05) is 23.1 Å². The number of carbonyl (C=O) groups is 1. The Hall–Kier alpha value is -1.07. The third-order valence-corrected chi connectivity index (χ3v) is 3.55. The first kappa shape index (κ1) is 16.0. The highest BCUT2D eigenvalue weighted by atomic mass is 79.9. The number of methoxy groups -OCH3 is 1. The summed E-state index contributed by atoms with van der Waals surface area (Å²) in [5, 5.41) is 2.83. The van der Waals surface area contributed by atoms with Gasteiger partial charge in [0.1, 0.15) is 5.75 Å². The van der Waals surface area contributed by atoms with Gasteiger partial charge in [-0.15, -0.1) is 0 Å². The van der Waals surface area contributed by atoms with Gasteiger partial charge in [0.05, 0.1) is 13.2 Å². The van der Waals surface area contributed by atoms with E-state index < -0.39 is 0 Å². The molecular formula is C14H21BrN2O2. The van der Waals surface area contributed by atoms with E-state index in [4.69, 9.17) is 4.74 Å². The summed E-state index contributed by atoms with van der Waals surface area (Å²) in [5.74, 6) is 0.872. The van der Waals surface area contributed by atoms with Crippen LogP contribution >= 0.6 is 15.9 Å². The smallest absolute Gasteiger partial charge is 0.237 e. The average Bonchev–Trinajstić information content (AvgIpc) is 2.38. The molecule has 0 radical (unpaired) electrons. The van der Waals surface area contributed by atoms with Crippen LogP contribution in [-0.2, 0) is 11.3 Å². The molecule has 1 aromatic rings. The van der Waals surface area contributed by atoms with E-state index >= 15 is 0 Å². The fraction of sp³-hybridized carbons (Fsp3) is 0.500. The lowest BCUT2D eigenvalue weighted by atomic mass is 10.1. The monoisotopic (exact) mass is 328 g/mol. The fourth-order valence-corrected chi connectivity index (χ4v) is 2.21. The number of hydrogen-bond donors (Lipinski definition) is 1. The van der Waals surface area contributed by atoms with Crippen LogP contribution < -0.4 is 10.1 Å². The van der Waals surface area contributed by atoms with E-state index in [0.29, 0.717) is 13.1 Å². The van der Waals surface area contributed by atoms with E-state index in [1.54, 1.807) is 7.11 Å². The minimum absolute atomic E-state index is 0.0407. The van der Waals surface area contributed by atoms with Crippen LogP contribution in [0.2, 0.25) is 0 Å². The lowest BCUT2D eigenvalue weighted by molar-refractivity contribution is -0.125. The molecule has 1 rings (SSSR count). The minimum atomic E-state index is -0.177. The average molecular weight is 329 g/mol. The number of nitrogens with zero attached hydrogens (tertiary/aromatic N) is 1. The molecule has 106 valence electrons. The summed E-state index contributed by atoms with van der Waals surface area (Å²) in [6.07, 6.45) is 0. The number of rotatable bonds is 6. The van der Waals surface area contributed by atoms with Gasteiger partial charge in [-0.1, -0.05) is 15.9 Å².